The van der Waals surface area contributed by atoms with Gasteiger partial charge in [0.2, 0.25) is 0 Å². The number of rotatable bonds is 3. The van der Waals surface area contributed by atoms with E-state index in [1.165, 1.54) is 59.2 Å². The summed E-state index contributed by atoms with van der Waals surface area (Å²) in [6.07, 6.45) is 12.2. The monoisotopic (exact) mass is 300 g/mol. The molecule has 4 rings (SSSR count). The van der Waals surface area contributed by atoms with Crippen LogP contribution >= 0.6 is 0 Å². The Kier molecular flexibility index (Phi) is 3.91. The topological polar surface area (TPSA) is 0 Å². The molecule has 0 unspecified atom stereocenters. The quantitative estimate of drug-likeness (QED) is 0.473. The van der Waals surface area contributed by atoms with Gasteiger partial charge in [0.1, 0.15) is 0 Å². The summed E-state index contributed by atoms with van der Waals surface area (Å²) in [5, 5.41) is 5.68. The summed E-state index contributed by atoms with van der Waals surface area (Å²) in [5.74, 6) is 0. The molecule has 0 nitrogen and oxygen atoms in total. The molecule has 0 radical (unpaired) electrons. The number of fused-ring (bicyclic) bond motifs is 5. The van der Waals surface area contributed by atoms with Crippen LogP contribution in [0.4, 0.5) is 0 Å². The zero-order chi connectivity index (χ0) is 15.6. The van der Waals surface area contributed by atoms with Crippen LogP contribution in [-0.2, 0) is 12.8 Å². The maximum atomic E-state index is 2.44. The molecular weight excluding hydrogens is 276 g/mol. The van der Waals surface area contributed by atoms with Gasteiger partial charge in [-0.3, -0.25) is 0 Å². The molecule has 0 heteroatoms. The van der Waals surface area contributed by atoms with Crippen LogP contribution in [0, 0.1) is 0 Å². The summed E-state index contributed by atoms with van der Waals surface area (Å²) < 4.78 is 0. The lowest BCUT2D eigenvalue weighted by molar-refractivity contribution is 0.690. The Hall–Kier alpha value is -2.08. The van der Waals surface area contributed by atoms with E-state index in [4.69, 9.17) is 0 Å². The van der Waals surface area contributed by atoms with Gasteiger partial charge in [-0.25, -0.2) is 0 Å². The molecule has 116 valence electrons. The molecule has 0 saturated heterocycles. The number of benzene rings is 3. The van der Waals surface area contributed by atoms with Crippen molar-refractivity contribution >= 4 is 27.6 Å². The van der Waals surface area contributed by atoms with Crippen molar-refractivity contribution in [2.75, 3.05) is 0 Å². The molecule has 0 fully saturated rings. The highest BCUT2D eigenvalue weighted by Gasteiger charge is 2.14. The van der Waals surface area contributed by atoms with E-state index in [0.29, 0.717) is 0 Å². The highest BCUT2D eigenvalue weighted by molar-refractivity contribution is 6.12. The predicted molar refractivity (Wildman–Crippen MR) is 102 cm³/mol. The first-order valence-corrected chi connectivity index (χ1v) is 9.01. The van der Waals surface area contributed by atoms with Crippen molar-refractivity contribution in [1.29, 1.82) is 0 Å². The Labute approximate surface area is 138 Å². The number of hydrogen-bond acceptors (Lipinski definition) is 0. The van der Waals surface area contributed by atoms with Gasteiger partial charge < -0.3 is 0 Å². The standard InChI is InChI=1S/C23H24/c1-2-3-4-10-18-16-23-19-11-6-5-9-17(19)14-15-22(23)21-13-8-7-12-20(18)21/h4,7-8,10,12-16H,2-3,5-6,9,11H2,1H3/b10-4-. The molecule has 0 aliphatic heterocycles. The van der Waals surface area contributed by atoms with Crippen LogP contribution < -0.4 is 0 Å². The molecule has 0 saturated carbocycles. The third-order valence-corrected chi connectivity index (χ3v) is 5.16. The minimum atomic E-state index is 1.15. The highest BCUT2D eigenvalue weighted by atomic mass is 14.2. The maximum absolute atomic E-state index is 2.44. The van der Waals surface area contributed by atoms with Gasteiger partial charge in [0, 0.05) is 0 Å². The molecule has 3 aromatic carbocycles. The molecular formula is C23H24. The van der Waals surface area contributed by atoms with Gasteiger partial charge >= 0.3 is 0 Å². The summed E-state index contributed by atoms with van der Waals surface area (Å²) in [4.78, 5) is 0. The Balaban J connectivity index is 2.03. The lowest BCUT2D eigenvalue weighted by Gasteiger charge is -2.19. The van der Waals surface area contributed by atoms with Gasteiger partial charge in [-0.1, -0.05) is 61.9 Å². The lowest BCUT2D eigenvalue weighted by atomic mass is 9.85. The van der Waals surface area contributed by atoms with Crippen LogP contribution in [0.15, 0.2) is 48.5 Å². The molecule has 0 aromatic heterocycles. The molecule has 0 N–H and O–H groups in total. The first kappa shape index (κ1) is 14.5. The first-order valence-electron chi connectivity index (χ1n) is 9.01. The summed E-state index contributed by atoms with van der Waals surface area (Å²) in [5.41, 5.74) is 4.55. The average Bonchev–Trinajstić information content (AvgIpc) is 2.62. The van der Waals surface area contributed by atoms with Gasteiger partial charge in [0.25, 0.3) is 0 Å². The minimum absolute atomic E-state index is 1.15. The molecule has 1 aliphatic rings. The molecule has 0 amide bonds. The van der Waals surface area contributed by atoms with Crippen molar-refractivity contribution in [2.45, 2.75) is 45.4 Å². The first-order chi connectivity index (χ1) is 11.4. The number of unbranched alkanes of at least 4 members (excludes halogenated alkanes) is 1. The van der Waals surface area contributed by atoms with E-state index >= 15 is 0 Å². The Morgan fingerprint density at radius 2 is 1.65 bits per heavy atom. The fraction of sp³-hybridized carbons (Fsp3) is 0.304. The van der Waals surface area contributed by atoms with Crippen LogP contribution in [0.2, 0.25) is 0 Å². The van der Waals surface area contributed by atoms with Gasteiger partial charge in [0.05, 0.1) is 0 Å². The smallest absolute Gasteiger partial charge is 0.00993 e. The Morgan fingerprint density at radius 1 is 0.870 bits per heavy atom. The summed E-state index contributed by atoms with van der Waals surface area (Å²) >= 11 is 0. The maximum Gasteiger partial charge on any atom is -0.00993 e. The van der Waals surface area contributed by atoms with Gasteiger partial charge in [-0.15, -0.1) is 0 Å². The molecule has 0 heterocycles. The van der Waals surface area contributed by atoms with E-state index in [1.54, 1.807) is 11.1 Å². The average molecular weight is 300 g/mol. The molecule has 1 aliphatic carbocycles. The molecule has 0 spiro atoms. The Morgan fingerprint density at radius 3 is 2.52 bits per heavy atom. The minimum Gasteiger partial charge on any atom is -0.0839 e. The molecule has 0 atom stereocenters. The third-order valence-electron chi connectivity index (χ3n) is 5.16. The van der Waals surface area contributed by atoms with E-state index in [1.807, 2.05) is 0 Å². The van der Waals surface area contributed by atoms with Crippen molar-refractivity contribution < 1.29 is 0 Å². The van der Waals surface area contributed by atoms with Crippen molar-refractivity contribution in [3.05, 3.63) is 65.2 Å². The van der Waals surface area contributed by atoms with Crippen molar-refractivity contribution in [2.24, 2.45) is 0 Å². The van der Waals surface area contributed by atoms with Gasteiger partial charge in [-0.2, -0.15) is 0 Å². The second kappa shape index (κ2) is 6.20. The van der Waals surface area contributed by atoms with Crippen molar-refractivity contribution in [3.63, 3.8) is 0 Å². The molecule has 23 heavy (non-hydrogen) atoms. The van der Waals surface area contributed by atoms with E-state index < -0.39 is 0 Å². The number of allylic oxidation sites excluding steroid dienone is 1. The number of hydrogen-bond donors (Lipinski definition) is 0. The third kappa shape index (κ3) is 2.57. The van der Waals surface area contributed by atoms with Crippen LogP contribution in [0.25, 0.3) is 27.6 Å². The second-order valence-electron chi connectivity index (χ2n) is 6.71. The fourth-order valence-electron chi connectivity index (χ4n) is 3.97. The van der Waals surface area contributed by atoms with E-state index in [0.717, 1.165) is 6.42 Å². The van der Waals surface area contributed by atoms with Crippen molar-refractivity contribution in [3.8, 4) is 0 Å². The van der Waals surface area contributed by atoms with E-state index in [2.05, 4.69) is 61.5 Å². The molecule has 0 bridgehead atoms. The summed E-state index contributed by atoms with van der Waals surface area (Å²) in [6, 6.07) is 16.0. The normalized spacial score (nSPS) is 14.7. The summed E-state index contributed by atoms with van der Waals surface area (Å²) in [7, 11) is 0. The van der Waals surface area contributed by atoms with Crippen LogP contribution in [0.5, 0.6) is 0 Å². The zero-order valence-corrected chi connectivity index (χ0v) is 13.9. The van der Waals surface area contributed by atoms with Crippen molar-refractivity contribution in [1.82, 2.24) is 0 Å². The SMILES string of the molecule is CCC/C=C\c1cc2c3c(ccc2c2ccccc12)CCCC3. The predicted octanol–water partition coefficient (Wildman–Crippen LogP) is 6.69. The van der Waals surface area contributed by atoms with Crippen LogP contribution in [0.3, 0.4) is 0 Å². The Bertz CT molecular complexity index is 883. The van der Waals surface area contributed by atoms with E-state index in [-0.39, 0.29) is 0 Å². The van der Waals surface area contributed by atoms with Gasteiger partial charge in [0.15, 0.2) is 0 Å². The second-order valence-corrected chi connectivity index (χ2v) is 6.71. The van der Waals surface area contributed by atoms with Gasteiger partial charge in [-0.05, 0) is 76.4 Å². The van der Waals surface area contributed by atoms with Crippen LogP contribution in [-0.4, -0.2) is 0 Å². The highest BCUT2D eigenvalue weighted by Crippen LogP contribution is 2.35. The van der Waals surface area contributed by atoms with E-state index in [9.17, 15) is 0 Å². The van der Waals surface area contributed by atoms with Crippen LogP contribution in [0.1, 0.15) is 49.3 Å². The summed E-state index contributed by atoms with van der Waals surface area (Å²) in [6.45, 7) is 2.24. The lowest BCUT2D eigenvalue weighted by Crippen LogP contribution is -2.03. The zero-order valence-electron chi connectivity index (χ0n) is 13.9. The molecule has 3 aromatic rings. The number of aryl methyl sites for hydroxylation is 2. The largest absolute Gasteiger partial charge is 0.0839 e. The fourth-order valence-corrected chi connectivity index (χ4v) is 3.97.